The van der Waals surface area contributed by atoms with Crippen LogP contribution in [-0.2, 0) is 4.79 Å². The van der Waals surface area contributed by atoms with Gasteiger partial charge in [0.2, 0.25) is 5.91 Å². The number of amides is 1. The van der Waals surface area contributed by atoms with E-state index >= 15 is 0 Å². The molecule has 2 aromatic carbocycles. The van der Waals surface area contributed by atoms with Gasteiger partial charge in [-0.2, -0.15) is 0 Å². The van der Waals surface area contributed by atoms with E-state index < -0.39 is 0 Å². The summed E-state index contributed by atoms with van der Waals surface area (Å²) in [6, 6.07) is 21.2. The number of benzene rings is 2. The van der Waals surface area contributed by atoms with E-state index in [-0.39, 0.29) is 24.2 Å². The van der Waals surface area contributed by atoms with E-state index in [0.717, 1.165) is 43.5 Å². The normalized spacial score (nSPS) is 22.4. The lowest BCUT2D eigenvalue weighted by Crippen LogP contribution is -2.45. The topological polar surface area (TPSA) is 32.3 Å². The summed E-state index contributed by atoms with van der Waals surface area (Å²) in [4.78, 5) is 15.8. The van der Waals surface area contributed by atoms with Crippen LogP contribution in [0.15, 0.2) is 60.7 Å². The molecule has 2 aliphatic heterocycles. The quantitative estimate of drug-likeness (QED) is 0.911. The van der Waals surface area contributed by atoms with E-state index in [0.29, 0.717) is 12.1 Å². The summed E-state index contributed by atoms with van der Waals surface area (Å²) in [5.74, 6) is 0.0669. The number of halogens is 1. The fourth-order valence-corrected chi connectivity index (χ4v) is 4.26. The Bertz CT molecular complexity index is 638. The fraction of sp³-hybridized carbons (Fsp3) is 0.381. The van der Waals surface area contributed by atoms with E-state index in [4.69, 9.17) is 0 Å². The van der Waals surface area contributed by atoms with Gasteiger partial charge in [-0.05, 0) is 36.9 Å². The number of hydrogen-bond acceptors (Lipinski definition) is 2. The number of hydrogen-bond donors (Lipinski definition) is 1. The maximum atomic E-state index is 13.6. The summed E-state index contributed by atoms with van der Waals surface area (Å²) in [5, 5.41) is 3.49. The molecule has 2 aliphatic rings. The SMILES string of the molecule is Cl.O=C(C(c1ccccc1)c1ccccc1)N1C2CCNCC1CC2. The Hall–Kier alpha value is -1.84. The molecule has 25 heavy (non-hydrogen) atoms. The second-order valence-electron chi connectivity index (χ2n) is 6.88. The van der Waals surface area contributed by atoms with Crippen molar-refractivity contribution in [2.45, 2.75) is 37.3 Å². The van der Waals surface area contributed by atoms with Crippen molar-refractivity contribution in [1.29, 1.82) is 0 Å². The minimum absolute atomic E-state index is 0. The zero-order valence-electron chi connectivity index (χ0n) is 14.3. The third-order valence-corrected chi connectivity index (χ3v) is 5.42. The van der Waals surface area contributed by atoms with E-state index in [1.807, 2.05) is 36.4 Å². The first-order valence-corrected chi connectivity index (χ1v) is 8.97. The maximum absolute atomic E-state index is 13.6. The highest BCUT2D eigenvalue weighted by atomic mass is 35.5. The lowest BCUT2D eigenvalue weighted by molar-refractivity contribution is -0.134. The van der Waals surface area contributed by atoms with Crippen LogP contribution in [0, 0.1) is 0 Å². The fourth-order valence-electron chi connectivity index (χ4n) is 4.26. The average molecular weight is 357 g/mol. The molecule has 0 spiro atoms. The van der Waals surface area contributed by atoms with Crippen LogP contribution < -0.4 is 5.32 Å². The summed E-state index contributed by atoms with van der Waals surface area (Å²) >= 11 is 0. The highest BCUT2D eigenvalue weighted by Gasteiger charge is 2.41. The second kappa shape index (κ2) is 8.03. The molecule has 0 aromatic heterocycles. The lowest BCUT2D eigenvalue weighted by Gasteiger charge is -2.32. The van der Waals surface area contributed by atoms with Crippen LogP contribution in [0.3, 0.4) is 0 Å². The van der Waals surface area contributed by atoms with Crippen molar-refractivity contribution in [2.24, 2.45) is 0 Å². The molecule has 132 valence electrons. The summed E-state index contributed by atoms with van der Waals surface area (Å²) in [6.07, 6.45) is 3.34. The van der Waals surface area contributed by atoms with Gasteiger partial charge in [0, 0.05) is 18.6 Å². The second-order valence-corrected chi connectivity index (χ2v) is 6.88. The Kier molecular flexibility index (Phi) is 5.77. The largest absolute Gasteiger partial charge is 0.335 e. The number of rotatable bonds is 3. The van der Waals surface area contributed by atoms with Gasteiger partial charge in [-0.25, -0.2) is 0 Å². The Morgan fingerprint density at radius 3 is 2.04 bits per heavy atom. The molecule has 3 nitrogen and oxygen atoms in total. The molecular weight excluding hydrogens is 332 g/mol. The zero-order valence-corrected chi connectivity index (χ0v) is 15.1. The van der Waals surface area contributed by atoms with Gasteiger partial charge in [0.1, 0.15) is 0 Å². The smallest absolute Gasteiger partial charge is 0.235 e. The van der Waals surface area contributed by atoms with Crippen LogP contribution in [0.5, 0.6) is 0 Å². The molecule has 0 saturated carbocycles. The number of nitrogens with one attached hydrogen (secondary N) is 1. The number of fused-ring (bicyclic) bond motifs is 2. The minimum atomic E-state index is -0.200. The Morgan fingerprint density at radius 1 is 0.880 bits per heavy atom. The summed E-state index contributed by atoms with van der Waals surface area (Å²) in [7, 11) is 0. The van der Waals surface area contributed by atoms with Gasteiger partial charge in [0.05, 0.1) is 5.92 Å². The van der Waals surface area contributed by atoms with E-state index in [1.165, 1.54) is 0 Å². The van der Waals surface area contributed by atoms with E-state index in [2.05, 4.69) is 34.5 Å². The molecule has 0 aliphatic carbocycles. The number of carbonyl (C=O) groups excluding carboxylic acids is 1. The van der Waals surface area contributed by atoms with Gasteiger partial charge in [0.15, 0.2) is 0 Å². The first-order chi connectivity index (χ1) is 11.8. The third kappa shape index (κ3) is 3.58. The lowest BCUT2D eigenvalue weighted by atomic mass is 9.89. The van der Waals surface area contributed by atoms with Crippen LogP contribution in [0.25, 0.3) is 0 Å². The first-order valence-electron chi connectivity index (χ1n) is 8.97. The van der Waals surface area contributed by atoms with Crippen molar-refractivity contribution < 1.29 is 4.79 Å². The van der Waals surface area contributed by atoms with Crippen LogP contribution in [0.2, 0.25) is 0 Å². The van der Waals surface area contributed by atoms with Crippen molar-refractivity contribution in [1.82, 2.24) is 10.2 Å². The van der Waals surface area contributed by atoms with Crippen LogP contribution >= 0.6 is 12.4 Å². The summed E-state index contributed by atoms with van der Waals surface area (Å²) in [5.41, 5.74) is 2.18. The molecule has 4 heteroatoms. The van der Waals surface area contributed by atoms with E-state index in [9.17, 15) is 4.79 Å². The van der Waals surface area contributed by atoms with Crippen molar-refractivity contribution in [3.63, 3.8) is 0 Å². The summed E-state index contributed by atoms with van der Waals surface area (Å²) < 4.78 is 0. The number of nitrogens with zero attached hydrogens (tertiary/aromatic N) is 1. The first kappa shape index (κ1) is 18.0. The summed E-state index contributed by atoms with van der Waals surface area (Å²) in [6.45, 7) is 1.95. The molecule has 2 atom stereocenters. The van der Waals surface area contributed by atoms with E-state index in [1.54, 1.807) is 0 Å². The Morgan fingerprint density at radius 2 is 1.44 bits per heavy atom. The Labute approximate surface area is 155 Å². The van der Waals surface area contributed by atoms with Gasteiger partial charge in [-0.1, -0.05) is 60.7 Å². The molecule has 0 radical (unpaired) electrons. The van der Waals surface area contributed by atoms with Gasteiger partial charge in [-0.15, -0.1) is 12.4 Å². The molecule has 1 amide bonds. The van der Waals surface area contributed by atoms with Gasteiger partial charge < -0.3 is 10.2 Å². The van der Waals surface area contributed by atoms with Crippen molar-refractivity contribution in [3.05, 3.63) is 71.8 Å². The van der Waals surface area contributed by atoms with Gasteiger partial charge >= 0.3 is 0 Å². The highest BCUT2D eigenvalue weighted by Crippen LogP contribution is 2.34. The zero-order chi connectivity index (χ0) is 16.4. The van der Waals surface area contributed by atoms with Crippen molar-refractivity contribution in [3.8, 4) is 0 Å². The molecule has 2 unspecified atom stereocenters. The molecule has 2 aromatic rings. The highest BCUT2D eigenvalue weighted by molar-refractivity contribution is 5.88. The molecular formula is C21H25ClN2O. The molecule has 4 rings (SSSR count). The average Bonchev–Trinajstić information content (AvgIpc) is 2.90. The van der Waals surface area contributed by atoms with Crippen LogP contribution in [0.4, 0.5) is 0 Å². The molecule has 1 N–H and O–H groups in total. The maximum Gasteiger partial charge on any atom is 0.235 e. The standard InChI is InChI=1S/C21H24N2O.ClH/c24-21(23-18-11-12-19(23)15-22-14-13-18)20(16-7-3-1-4-8-16)17-9-5-2-6-10-17;/h1-10,18-20,22H,11-15H2;1H. The molecule has 2 bridgehead atoms. The van der Waals surface area contributed by atoms with Gasteiger partial charge in [-0.3, -0.25) is 4.79 Å². The number of carbonyl (C=O) groups is 1. The predicted octanol–water partition coefficient (Wildman–Crippen LogP) is 3.59. The third-order valence-electron chi connectivity index (χ3n) is 5.42. The molecule has 2 saturated heterocycles. The van der Waals surface area contributed by atoms with Crippen LogP contribution in [0.1, 0.15) is 36.3 Å². The van der Waals surface area contributed by atoms with Crippen molar-refractivity contribution in [2.75, 3.05) is 13.1 Å². The monoisotopic (exact) mass is 356 g/mol. The van der Waals surface area contributed by atoms with Gasteiger partial charge in [0.25, 0.3) is 0 Å². The van der Waals surface area contributed by atoms with Crippen LogP contribution in [-0.4, -0.2) is 36.0 Å². The molecule has 2 heterocycles. The predicted molar refractivity (Wildman–Crippen MR) is 103 cm³/mol. The Balaban J connectivity index is 0.00000182. The molecule has 2 fully saturated rings. The minimum Gasteiger partial charge on any atom is -0.335 e. The van der Waals surface area contributed by atoms with Crippen molar-refractivity contribution >= 4 is 18.3 Å².